The summed E-state index contributed by atoms with van der Waals surface area (Å²) in [5, 5.41) is 3.44. The minimum absolute atomic E-state index is 0.454. The summed E-state index contributed by atoms with van der Waals surface area (Å²) in [4.78, 5) is 5.10. The van der Waals surface area contributed by atoms with Crippen molar-refractivity contribution in [3.05, 3.63) is 29.8 Å². The Hall–Kier alpha value is -1.10. The molecule has 2 rings (SSSR count). The highest BCUT2D eigenvalue weighted by Gasteiger charge is 2.21. The van der Waals surface area contributed by atoms with E-state index in [1.807, 2.05) is 6.92 Å². The number of hydrogen-bond donors (Lipinski definition) is 1. The fraction of sp³-hybridized carbons (Fsp3) is 0.684. The topological polar surface area (TPSA) is 27.7 Å². The molecule has 1 aliphatic heterocycles. The van der Waals surface area contributed by atoms with E-state index in [9.17, 15) is 0 Å². The van der Waals surface area contributed by atoms with Crippen LogP contribution in [0.4, 0.5) is 0 Å². The minimum Gasteiger partial charge on any atom is -0.494 e. The van der Waals surface area contributed by atoms with Gasteiger partial charge in [0.15, 0.2) is 0 Å². The molecule has 0 bridgehead atoms. The molecule has 0 radical (unpaired) electrons. The molecule has 1 aromatic carbocycles. The molecule has 0 aromatic heterocycles. The Morgan fingerprint density at radius 1 is 1.17 bits per heavy atom. The first-order valence-corrected chi connectivity index (χ1v) is 9.10. The predicted molar refractivity (Wildman–Crippen MR) is 97.2 cm³/mol. The van der Waals surface area contributed by atoms with Crippen LogP contribution in [0.2, 0.25) is 0 Å². The average molecular weight is 319 g/mol. The van der Waals surface area contributed by atoms with E-state index < -0.39 is 0 Å². The van der Waals surface area contributed by atoms with Crippen LogP contribution in [0.3, 0.4) is 0 Å². The van der Waals surface area contributed by atoms with E-state index in [2.05, 4.69) is 53.4 Å². The van der Waals surface area contributed by atoms with Crippen molar-refractivity contribution < 1.29 is 4.74 Å². The molecule has 1 saturated heterocycles. The zero-order chi connectivity index (χ0) is 16.5. The van der Waals surface area contributed by atoms with Gasteiger partial charge in [0.05, 0.1) is 6.61 Å². The maximum absolute atomic E-state index is 5.58. The average Bonchev–Trinajstić information content (AvgIpc) is 2.59. The van der Waals surface area contributed by atoms with Crippen LogP contribution in [0.25, 0.3) is 0 Å². The number of rotatable bonds is 9. The minimum atomic E-state index is 0.454. The van der Waals surface area contributed by atoms with E-state index in [0.29, 0.717) is 6.04 Å². The van der Waals surface area contributed by atoms with Crippen molar-refractivity contribution in [1.29, 1.82) is 0 Å². The summed E-state index contributed by atoms with van der Waals surface area (Å²) in [6.07, 6.45) is 2.50. The molecule has 0 amide bonds. The van der Waals surface area contributed by atoms with Crippen molar-refractivity contribution in [2.24, 2.45) is 0 Å². The normalized spacial score (nSPS) is 17.4. The Bertz CT molecular complexity index is 429. The molecule has 4 heteroatoms. The summed E-state index contributed by atoms with van der Waals surface area (Å²) >= 11 is 0. The van der Waals surface area contributed by atoms with Crippen molar-refractivity contribution in [3.8, 4) is 5.75 Å². The monoisotopic (exact) mass is 319 g/mol. The molecule has 1 heterocycles. The van der Waals surface area contributed by atoms with Crippen LogP contribution in [0.15, 0.2) is 24.3 Å². The molecule has 1 aromatic rings. The van der Waals surface area contributed by atoms with Crippen LogP contribution in [0.1, 0.15) is 38.3 Å². The molecule has 23 heavy (non-hydrogen) atoms. The number of likely N-dealkylation sites (N-methyl/N-ethyl adjacent to an activating group) is 1. The van der Waals surface area contributed by atoms with Gasteiger partial charge in [-0.15, -0.1) is 0 Å². The smallest absolute Gasteiger partial charge is 0.119 e. The summed E-state index contributed by atoms with van der Waals surface area (Å²) in [6.45, 7) is 11.8. The highest BCUT2D eigenvalue weighted by molar-refractivity contribution is 5.29. The lowest BCUT2D eigenvalue weighted by Gasteiger charge is -2.35. The van der Waals surface area contributed by atoms with Gasteiger partial charge in [0.1, 0.15) is 5.75 Å². The number of nitrogens with one attached hydrogen (secondary N) is 1. The quantitative estimate of drug-likeness (QED) is 0.757. The molecule has 1 unspecified atom stereocenters. The zero-order valence-electron chi connectivity index (χ0n) is 15.1. The highest BCUT2D eigenvalue weighted by atomic mass is 16.5. The molecular formula is C19H33N3O. The first kappa shape index (κ1) is 18.2. The van der Waals surface area contributed by atoms with Gasteiger partial charge in [-0.25, -0.2) is 0 Å². The van der Waals surface area contributed by atoms with E-state index in [-0.39, 0.29) is 0 Å². The Labute approximate surface area is 141 Å². The van der Waals surface area contributed by atoms with Crippen molar-refractivity contribution in [2.45, 2.75) is 32.7 Å². The second-order valence-corrected chi connectivity index (χ2v) is 6.40. The lowest BCUT2D eigenvalue weighted by atomic mass is 10.0. The third kappa shape index (κ3) is 5.79. The molecule has 0 aliphatic carbocycles. The number of piperazine rings is 1. The van der Waals surface area contributed by atoms with E-state index in [1.54, 1.807) is 0 Å². The van der Waals surface area contributed by atoms with Crippen LogP contribution in [0, 0.1) is 0 Å². The number of benzene rings is 1. The van der Waals surface area contributed by atoms with Crippen molar-refractivity contribution in [2.75, 3.05) is 52.9 Å². The second kappa shape index (κ2) is 9.91. The third-order valence-corrected chi connectivity index (χ3v) is 4.61. The molecule has 0 spiro atoms. The summed E-state index contributed by atoms with van der Waals surface area (Å²) in [6, 6.07) is 9.14. The van der Waals surface area contributed by atoms with Gasteiger partial charge in [-0.2, -0.15) is 0 Å². The Kier molecular flexibility index (Phi) is 7.86. The number of ether oxygens (including phenoxy) is 1. The summed E-state index contributed by atoms with van der Waals surface area (Å²) in [7, 11) is 2.26. The zero-order valence-corrected chi connectivity index (χ0v) is 15.1. The van der Waals surface area contributed by atoms with Gasteiger partial charge in [0.2, 0.25) is 0 Å². The Morgan fingerprint density at radius 3 is 2.48 bits per heavy atom. The van der Waals surface area contributed by atoms with Crippen LogP contribution in [-0.2, 0) is 0 Å². The van der Waals surface area contributed by atoms with Gasteiger partial charge in [0, 0.05) is 38.8 Å². The lowest BCUT2D eigenvalue weighted by Crippen LogP contribution is -2.47. The highest BCUT2D eigenvalue weighted by Crippen LogP contribution is 2.24. The van der Waals surface area contributed by atoms with Gasteiger partial charge in [0.25, 0.3) is 0 Å². The number of hydrogen-bond acceptors (Lipinski definition) is 4. The van der Waals surface area contributed by atoms with Gasteiger partial charge in [-0.3, -0.25) is 9.80 Å². The van der Waals surface area contributed by atoms with Gasteiger partial charge >= 0.3 is 0 Å². The Morgan fingerprint density at radius 2 is 1.87 bits per heavy atom. The van der Waals surface area contributed by atoms with E-state index >= 15 is 0 Å². The molecule has 4 nitrogen and oxygen atoms in total. The first-order chi connectivity index (χ1) is 11.2. The summed E-state index contributed by atoms with van der Waals surface area (Å²) in [5.41, 5.74) is 1.39. The number of unbranched alkanes of at least 4 members (excludes halogenated alkanes) is 1. The number of nitrogens with zero attached hydrogens (tertiary/aromatic N) is 2. The maximum atomic E-state index is 5.58. The summed E-state index contributed by atoms with van der Waals surface area (Å²) in [5.74, 6) is 0.966. The van der Waals surface area contributed by atoms with Crippen molar-refractivity contribution >= 4 is 0 Å². The first-order valence-electron chi connectivity index (χ1n) is 9.10. The van der Waals surface area contributed by atoms with Crippen LogP contribution < -0.4 is 10.1 Å². The van der Waals surface area contributed by atoms with Gasteiger partial charge < -0.3 is 10.1 Å². The molecule has 1 atom stereocenters. The Balaban J connectivity index is 2.07. The molecule has 1 aliphatic rings. The van der Waals surface area contributed by atoms with E-state index in [0.717, 1.165) is 51.6 Å². The SMILES string of the molecule is CCCCN(C)C(CN1CCNCC1)c1ccc(OCC)cc1. The predicted octanol–water partition coefficient (Wildman–Crippen LogP) is 2.76. The van der Waals surface area contributed by atoms with Crippen LogP contribution in [0.5, 0.6) is 5.75 Å². The molecular weight excluding hydrogens is 286 g/mol. The second-order valence-electron chi connectivity index (χ2n) is 6.40. The van der Waals surface area contributed by atoms with E-state index in [1.165, 1.54) is 18.4 Å². The molecule has 1 fully saturated rings. The molecule has 0 saturated carbocycles. The van der Waals surface area contributed by atoms with Gasteiger partial charge in [-0.05, 0) is 44.6 Å². The molecule has 1 N–H and O–H groups in total. The summed E-state index contributed by atoms with van der Waals surface area (Å²) < 4.78 is 5.58. The van der Waals surface area contributed by atoms with E-state index in [4.69, 9.17) is 4.74 Å². The fourth-order valence-electron chi connectivity index (χ4n) is 3.15. The van der Waals surface area contributed by atoms with Gasteiger partial charge in [-0.1, -0.05) is 25.5 Å². The van der Waals surface area contributed by atoms with Crippen LogP contribution >= 0.6 is 0 Å². The standard InChI is InChI=1S/C19H33N3O/c1-4-6-13-21(3)19(16-22-14-11-20-12-15-22)17-7-9-18(10-8-17)23-5-2/h7-10,19-20H,4-6,11-16H2,1-3H3. The maximum Gasteiger partial charge on any atom is 0.119 e. The fourth-order valence-corrected chi connectivity index (χ4v) is 3.15. The van der Waals surface area contributed by atoms with Crippen LogP contribution in [-0.4, -0.2) is 62.7 Å². The largest absolute Gasteiger partial charge is 0.494 e. The van der Waals surface area contributed by atoms with Crippen molar-refractivity contribution in [3.63, 3.8) is 0 Å². The lowest BCUT2D eigenvalue weighted by molar-refractivity contribution is 0.149. The van der Waals surface area contributed by atoms with Crippen molar-refractivity contribution in [1.82, 2.24) is 15.1 Å². The molecule has 130 valence electrons. The third-order valence-electron chi connectivity index (χ3n) is 4.61.